The van der Waals surface area contributed by atoms with E-state index in [9.17, 15) is 4.79 Å². The molecule has 5 heteroatoms. The molecule has 182 valence electrons. The van der Waals surface area contributed by atoms with Crippen LogP contribution in [0.25, 0.3) is 5.57 Å². The van der Waals surface area contributed by atoms with Crippen LogP contribution in [0.15, 0.2) is 78.4 Å². The van der Waals surface area contributed by atoms with Crippen molar-refractivity contribution in [2.24, 2.45) is 0 Å². The standard InChI is InChI=1S/C30H32Cl2N2O/c1-3-34(4-2)30(35)25-12-10-23(11-13-25)29(22-8-6-5-7-9-22)24-16-18-33(19-17-24)21-26-14-15-27(31)20-28(26)32/h5-15,20H,3-4,16-19,21H2,1-2H3. The fourth-order valence-electron chi connectivity index (χ4n) is 4.77. The highest BCUT2D eigenvalue weighted by atomic mass is 35.5. The van der Waals surface area contributed by atoms with E-state index in [1.807, 2.05) is 49.1 Å². The zero-order valence-corrected chi connectivity index (χ0v) is 21.9. The van der Waals surface area contributed by atoms with Crippen molar-refractivity contribution in [2.75, 3.05) is 26.2 Å². The van der Waals surface area contributed by atoms with Crippen molar-refractivity contribution in [3.8, 4) is 0 Å². The van der Waals surface area contributed by atoms with E-state index in [0.717, 1.165) is 54.2 Å². The van der Waals surface area contributed by atoms with Gasteiger partial charge in [-0.2, -0.15) is 0 Å². The second-order valence-electron chi connectivity index (χ2n) is 8.91. The molecule has 0 aromatic heterocycles. The summed E-state index contributed by atoms with van der Waals surface area (Å²) in [5.41, 5.74) is 6.98. The minimum atomic E-state index is 0.0876. The summed E-state index contributed by atoms with van der Waals surface area (Å²) in [5.74, 6) is 0.0876. The van der Waals surface area contributed by atoms with Gasteiger partial charge in [-0.15, -0.1) is 0 Å². The molecule has 4 rings (SSSR count). The third-order valence-electron chi connectivity index (χ3n) is 6.76. The maximum atomic E-state index is 12.8. The second-order valence-corrected chi connectivity index (χ2v) is 9.75. The van der Waals surface area contributed by atoms with Crippen LogP contribution in [0, 0.1) is 0 Å². The molecule has 3 aromatic rings. The van der Waals surface area contributed by atoms with Gasteiger partial charge in [0.2, 0.25) is 0 Å². The van der Waals surface area contributed by atoms with E-state index in [0.29, 0.717) is 18.1 Å². The minimum Gasteiger partial charge on any atom is -0.339 e. The Morgan fingerprint density at radius 2 is 1.43 bits per heavy atom. The number of piperidine rings is 1. The Morgan fingerprint density at radius 1 is 0.829 bits per heavy atom. The van der Waals surface area contributed by atoms with Gasteiger partial charge in [0.25, 0.3) is 5.91 Å². The summed E-state index contributed by atoms with van der Waals surface area (Å²) in [5, 5.41) is 1.39. The highest BCUT2D eigenvalue weighted by Gasteiger charge is 2.20. The maximum Gasteiger partial charge on any atom is 0.253 e. The lowest BCUT2D eigenvalue weighted by Gasteiger charge is -2.30. The van der Waals surface area contributed by atoms with Crippen LogP contribution in [0.4, 0.5) is 0 Å². The topological polar surface area (TPSA) is 23.6 Å². The SMILES string of the molecule is CCN(CC)C(=O)c1ccc(C(=C2CCN(Cc3ccc(Cl)cc3Cl)CC2)c2ccccc2)cc1. The zero-order valence-electron chi connectivity index (χ0n) is 20.4. The van der Waals surface area contributed by atoms with E-state index >= 15 is 0 Å². The number of benzene rings is 3. The average Bonchev–Trinajstić information content (AvgIpc) is 2.88. The summed E-state index contributed by atoms with van der Waals surface area (Å²) < 4.78 is 0. The van der Waals surface area contributed by atoms with Crippen molar-refractivity contribution in [1.82, 2.24) is 9.80 Å². The predicted octanol–water partition coefficient (Wildman–Crippen LogP) is 7.57. The molecule has 1 amide bonds. The molecule has 0 N–H and O–H groups in total. The Balaban J connectivity index is 1.57. The first-order valence-corrected chi connectivity index (χ1v) is 13.1. The lowest BCUT2D eigenvalue weighted by atomic mass is 9.88. The fourth-order valence-corrected chi connectivity index (χ4v) is 5.24. The van der Waals surface area contributed by atoms with Crippen molar-refractivity contribution in [3.63, 3.8) is 0 Å². The Kier molecular flexibility index (Phi) is 8.67. The van der Waals surface area contributed by atoms with E-state index in [1.54, 1.807) is 0 Å². The molecule has 1 fully saturated rings. The minimum absolute atomic E-state index is 0.0876. The Hall–Kier alpha value is -2.59. The number of hydrogen-bond acceptors (Lipinski definition) is 2. The molecule has 0 radical (unpaired) electrons. The van der Waals surface area contributed by atoms with Crippen molar-refractivity contribution >= 4 is 34.7 Å². The highest BCUT2D eigenvalue weighted by molar-refractivity contribution is 6.35. The molecule has 3 aromatic carbocycles. The summed E-state index contributed by atoms with van der Waals surface area (Å²) in [7, 11) is 0. The van der Waals surface area contributed by atoms with Crippen LogP contribution in [0.5, 0.6) is 0 Å². The third kappa shape index (κ3) is 6.16. The summed E-state index contributed by atoms with van der Waals surface area (Å²) in [6.07, 6.45) is 1.99. The fraction of sp³-hybridized carbons (Fsp3) is 0.300. The van der Waals surface area contributed by atoms with Crippen LogP contribution in [-0.4, -0.2) is 41.9 Å². The summed E-state index contributed by atoms with van der Waals surface area (Å²) >= 11 is 12.5. The van der Waals surface area contributed by atoms with Gasteiger partial charge in [-0.05, 0) is 73.2 Å². The normalized spacial score (nSPS) is 14.1. The molecule has 1 aliphatic heterocycles. The molecule has 0 aliphatic carbocycles. The molecule has 1 saturated heterocycles. The van der Waals surface area contributed by atoms with Gasteiger partial charge in [-0.25, -0.2) is 0 Å². The van der Waals surface area contributed by atoms with Gasteiger partial charge in [-0.3, -0.25) is 9.69 Å². The lowest BCUT2D eigenvalue weighted by Crippen LogP contribution is -2.31. The van der Waals surface area contributed by atoms with Crippen LogP contribution in [0.1, 0.15) is 53.7 Å². The van der Waals surface area contributed by atoms with Gasteiger partial charge in [0.15, 0.2) is 0 Å². The molecule has 0 saturated carbocycles. The molecule has 1 aliphatic rings. The van der Waals surface area contributed by atoms with Crippen molar-refractivity contribution in [2.45, 2.75) is 33.2 Å². The zero-order chi connectivity index (χ0) is 24.8. The van der Waals surface area contributed by atoms with Crippen LogP contribution in [-0.2, 0) is 6.54 Å². The maximum absolute atomic E-state index is 12.8. The first kappa shape index (κ1) is 25.5. The molecule has 0 spiro atoms. The second kappa shape index (κ2) is 11.9. The smallest absolute Gasteiger partial charge is 0.253 e. The molecule has 0 bridgehead atoms. The molecule has 1 heterocycles. The van der Waals surface area contributed by atoms with E-state index in [1.165, 1.54) is 16.7 Å². The van der Waals surface area contributed by atoms with Crippen LogP contribution in [0.3, 0.4) is 0 Å². The summed E-state index contributed by atoms with van der Waals surface area (Å²) in [6, 6.07) is 24.5. The van der Waals surface area contributed by atoms with Crippen LogP contribution < -0.4 is 0 Å². The lowest BCUT2D eigenvalue weighted by molar-refractivity contribution is 0.0773. The van der Waals surface area contributed by atoms with Gasteiger partial charge in [0.05, 0.1) is 0 Å². The number of hydrogen-bond donors (Lipinski definition) is 0. The molecule has 0 unspecified atom stereocenters. The number of amides is 1. The number of carbonyl (C=O) groups excluding carboxylic acids is 1. The number of carbonyl (C=O) groups is 1. The molecular weight excluding hydrogens is 475 g/mol. The number of likely N-dealkylation sites (tertiary alicyclic amines) is 1. The Labute approximate surface area is 219 Å². The van der Waals surface area contributed by atoms with Gasteiger partial charge in [0, 0.05) is 48.3 Å². The van der Waals surface area contributed by atoms with Crippen LogP contribution in [0.2, 0.25) is 10.0 Å². The van der Waals surface area contributed by atoms with Gasteiger partial charge >= 0.3 is 0 Å². The molecule has 35 heavy (non-hydrogen) atoms. The van der Waals surface area contributed by atoms with Crippen molar-refractivity contribution in [3.05, 3.63) is 111 Å². The van der Waals surface area contributed by atoms with Gasteiger partial charge < -0.3 is 4.90 Å². The summed E-state index contributed by atoms with van der Waals surface area (Å²) in [4.78, 5) is 17.1. The average molecular weight is 508 g/mol. The first-order chi connectivity index (χ1) is 17.0. The number of rotatable bonds is 7. The molecule has 3 nitrogen and oxygen atoms in total. The Morgan fingerprint density at radius 3 is 2.03 bits per heavy atom. The third-order valence-corrected chi connectivity index (χ3v) is 7.34. The van der Waals surface area contributed by atoms with Gasteiger partial charge in [0.1, 0.15) is 0 Å². The first-order valence-electron chi connectivity index (χ1n) is 12.3. The largest absolute Gasteiger partial charge is 0.339 e. The Bertz CT molecular complexity index is 1170. The van der Waals surface area contributed by atoms with E-state index in [-0.39, 0.29) is 5.91 Å². The van der Waals surface area contributed by atoms with E-state index in [4.69, 9.17) is 23.2 Å². The van der Waals surface area contributed by atoms with Crippen molar-refractivity contribution in [1.29, 1.82) is 0 Å². The summed E-state index contributed by atoms with van der Waals surface area (Å²) in [6.45, 7) is 8.24. The monoisotopic (exact) mass is 506 g/mol. The predicted molar refractivity (Wildman–Crippen MR) is 147 cm³/mol. The molecular formula is C30H32Cl2N2O. The highest BCUT2D eigenvalue weighted by Crippen LogP contribution is 2.33. The number of halogens is 2. The number of nitrogens with zero attached hydrogens (tertiary/aromatic N) is 2. The van der Waals surface area contributed by atoms with Gasteiger partial charge in [-0.1, -0.05) is 77.3 Å². The van der Waals surface area contributed by atoms with Crippen LogP contribution >= 0.6 is 23.2 Å². The quantitative estimate of drug-likeness (QED) is 0.329. The van der Waals surface area contributed by atoms with E-state index < -0.39 is 0 Å². The molecule has 0 atom stereocenters. The van der Waals surface area contributed by atoms with Crippen molar-refractivity contribution < 1.29 is 4.79 Å². The van der Waals surface area contributed by atoms with E-state index in [2.05, 4.69) is 47.4 Å².